The van der Waals surface area contributed by atoms with Crippen LogP contribution in [0.15, 0.2) is 11.6 Å². The van der Waals surface area contributed by atoms with Gasteiger partial charge in [-0.15, -0.1) is 0 Å². The number of carbonyl (C=O) groups excluding carboxylic acids is 3. The van der Waals surface area contributed by atoms with Crippen molar-refractivity contribution < 1.29 is 23.9 Å². The van der Waals surface area contributed by atoms with Crippen LogP contribution in [0.2, 0.25) is 0 Å². The van der Waals surface area contributed by atoms with E-state index in [0.29, 0.717) is 5.92 Å². The predicted molar refractivity (Wildman–Crippen MR) is 112 cm³/mol. The zero-order valence-electron chi connectivity index (χ0n) is 19.2. The summed E-state index contributed by atoms with van der Waals surface area (Å²) in [6.07, 6.45) is 7.16. The summed E-state index contributed by atoms with van der Waals surface area (Å²) in [5.74, 6) is 0.308. The van der Waals surface area contributed by atoms with Crippen LogP contribution in [0.1, 0.15) is 80.1 Å². The average molecular weight is 417 g/mol. The van der Waals surface area contributed by atoms with Crippen LogP contribution in [0.5, 0.6) is 0 Å². The van der Waals surface area contributed by atoms with Gasteiger partial charge in [-0.2, -0.15) is 0 Å². The van der Waals surface area contributed by atoms with Gasteiger partial charge in [0.1, 0.15) is 12.2 Å². The third kappa shape index (κ3) is 2.98. The highest BCUT2D eigenvalue weighted by atomic mass is 16.5. The Bertz CT molecular complexity index is 810. The van der Waals surface area contributed by atoms with Gasteiger partial charge in [-0.1, -0.05) is 33.3 Å². The lowest BCUT2D eigenvalue weighted by Crippen LogP contribution is -2.57. The van der Waals surface area contributed by atoms with Crippen molar-refractivity contribution in [3.8, 4) is 0 Å². The molecular formula is C25H36O5. The molecule has 5 heteroatoms. The molecule has 0 spiro atoms. The topological polar surface area (TPSA) is 69.7 Å². The Balaban J connectivity index is 1.70. The lowest BCUT2D eigenvalue weighted by atomic mass is 9.44. The maximum atomic E-state index is 13.6. The lowest BCUT2D eigenvalue weighted by molar-refractivity contribution is -0.161. The molecular weight excluding hydrogens is 380 g/mol. The fraction of sp³-hybridized carbons (Fsp3) is 0.800. The van der Waals surface area contributed by atoms with Crippen LogP contribution in [0.25, 0.3) is 0 Å². The molecule has 0 aromatic carbocycles. The Morgan fingerprint density at radius 3 is 2.13 bits per heavy atom. The van der Waals surface area contributed by atoms with Crippen LogP contribution in [0.4, 0.5) is 0 Å². The van der Waals surface area contributed by atoms with Crippen molar-refractivity contribution in [1.82, 2.24) is 0 Å². The van der Waals surface area contributed by atoms with Crippen molar-refractivity contribution in [2.45, 2.75) is 92.3 Å². The van der Waals surface area contributed by atoms with Crippen LogP contribution >= 0.6 is 0 Å². The van der Waals surface area contributed by atoms with Gasteiger partial charge in [-0.25, -0.2) is 0 Å². The molecule has 0 amide bonds. The van der Waals surface area contributed by atoms with E-state index in [1.807, 2.05) is 6.08 Å². The van der Waals surface area contributed by atoms with E-state index >= 15 is 0 Å². The summed E-state index contributed by atoms with van der Waals surface area (Å²) >= 11 is 0. The standard InChI is InChI=1S/C25H36O5/c1-14(26)29-20-10-12-24(5)17-9-11-25(6)16(7-8-21(25)30-15(2)27)22(17)18(28)13-19(24)23(20,3)4/h13,16-17,20-22H,7-12H2,1-6H3/t16-,17-,20-,21-,22-,24-,25-/m0/s1. The molecule has 0 unspecified atom stereocenters. The Labute approximate surface area is 179 Å². The summed E-state index contributed by atoms with van der Waals surface area (Å²) in [6.45, 7) is 11.7. The third-order valence-electron chi connectivity index (χ3n) is 9.27. The van der Waals surface area contributed by atoms with Crippen LogP contribution < -0.4 is 0 Å². The molecule has 3 saturated carbocycles. The van der Waals surface area contributed by atoms with Gasteiger partial charge in [0.2, 0.25) is 0 Å². The van der Waals surface area contributed by atoms with Gasteiger partial charge >= 0.3 is 11.9 Å². The van der Waals surface area contributed by atoms with Gasteiger partial charge in [-0.3, -0.25) is 14.4 Å². The highest BCUT2D eigenvalue weighted by Crippen LogP contribution is 2.66. The second-order valence-corrected chi connectivity index (χ2v) is 11.2. The van der Waals surface area contributed by atoms with E-state index in [2.05, 4.69) is 27.7 Å². The van der Waals surface area contributed by atoms with Crippen LogP contribution in [0, 0.1) is 34.0 Å². The molecule has 0 radical (unpaired) electrons. The van der Waals surface area contributed by atoms with Crippen molar-refractivity contribution in [3.05, 3.63) is 11.6 Å². The number of carbonyl (C=O) groups is 3. The number of esters is 2. The first-order valence-corrected chi connectivity index (χ1v) is 11.5. The quantitative estimate of drug-likeness (QED) is 0.614. The van der Waals surface area contributed by atoms with Crippen LogP contribution in [0.3, 0.4) is 0 Å². The fourth-order valence-electron chi connectivity index (χ4n) is 7.81. The molecule has 0 aromatic heterocycles. The number of ether oxygens (including phenoxy) is 2. The van der Waals surface area contributed by atoms with Crippen molar-refractivity contribution in [1.29, 1.82) is 0 Å². The SMILES string of the molecule is CC(=O)O[C@H]1CC[C@]2(C)C(=CC(=O)[C@H]3[C@@H]4CC[C@H](OC(C)=O)[C@@]4(C)CC[C@@H]32)C1(C)C. The van der Waals surface area contributed by atoms with E-state index in [1.165, 1.54) is 13.8 Å². The van der Waals surface area contributed by atoms with Crippen LogP contribution in [-0.4, -0.2) is 29.9 Å². The summed E-state index contributed by atoms with van der Waals surface area (Å²) in [5, 5.41) is 0. The second-order valence-electron chi connectivity index (χ2n) is 11.2. The largest absolute Gasteiger partial charge is 0.462 e. The first-order valence-electron chi connectivity index (χ1n) is 11.5. The average Bonchev–Trinajstić information content (AvgIpc) is 2.95. The van der Waals surface area contributed by atoms with Crippen molar-refractivity contribution in [2.75, 3.05) is 0 Å². The molecule has 0 aliphatic heterocycles. The first kappa shape index (κ1) is 21.6. The van der Waals surface area contributed by atoms with E-state index in [4.69, 9.17) is 9.47 Å². The molecule has 0 aromatic rings. The molecule has 7 atom stereocenters. The molecule has 30 heavy (non-hydrogen) atoms. The third-order valence-corrected chi connectivity index (χ3v) is 9.27. The van der Waals surface area contributed by atoms with Crippen molar-refractivity contribution in [3.63, 3.8) is 0 Å². The maximum Gasteiger partial charge on any atom is 0.302 e. The number of rotatable bonds is 2. The number of allylic oxidation sites excluding steroid dienone is 1. The minimum Gasteiger partial charge on any atom is -0.462 e. The van der Waals surface area contributed by atoms with Gasteiger partial charge in [-0.05, 0) is 61.9 Å². The molecule has 3 fully saturated rings. The Hall–Kier alpha value is -1.65. The van der Waals surface area contributed by atoms with Gasteiger partial charge in [0, 0.05) is 30.6 Å². The molecule has 4 rings (SSSR count). The van der Waals surface area contributed by atoms with Crippen LogP contribution in [-0.2, 0) is 23.9 Å². The van der Waals surface area contributed by atoms with Crippen molar-refractivity contribution in [2.24, 2.45) is 34.0 Å². The highest BCUT2D eigenvalue weighted by molar-refractivity contribution is 5.95. The van der Waals surface area contributed by atoms with Gasteiger partial charge in [0.05, 0.1) is 0 Å². The predicted octanol–water partition coefficient (Wildman–Crippen LogP) is 4.63. The van der Waals surface area contributed by atoms with E-state index in [0.717, 1.165) is 44.1 Å². The summed E-state index contributed by atoms with van der Waals surface area (Å²) < 4.78 is 11.4. The Morgan fingerprint density at radius 1 is 0.867 bits per heavy atom. The minimum atomic E-state index is -0.351. The number of fused-ring (bicyclic) bond motifs is 5. The zero-order chi connectivity index (χ0) is 22.1. The van der Waals surface area contributed by atoms with E-state index < -0.39 is 0 Å². The van der Waals surface area contributed by atoms with Gasteiger partial charge in [0.15, 0.2) is 5.78 Å². The zero-order valence-corrected chi connectivity index (χ0v) is 19.2. The Kier molecular flexibility index (Phi) is 4.98. The number of hydrogen-bond donors (Lipinski definition) is 0. The summed E-state index contributed by atoms with van der Waals surface area (Å²) in [7, 11) is 0. The summed E-state index contributed by atoms with van der Waals surface area (Å²) in [4.78, 5) is 36.9. The molecule has 0 N–H and O–H groups in total. The fourth-order valence-corrected chi connectivity index (χ4v) is 7.81. The van der Waals surface area contributed by atoms with E-state index in [1.54, 1.807) is 0 Å². The highest BCUT2D eigenvalue weighted by Gasteiger charge is 2.64. The van der Waals surface area contributed by atoms with Crippen molar-refractivity contribution >= 4 is 17.7 Å². The van der Waals surface area contributed by atoms with E-state index in [9.17, 15) is 14.4 Å². The number of hydrogen-bond acceptors (Lipinski definition) is 5. The molecule has 4 aliphatic rings. The monoisotopic (exact) mass is 416 g/mol. The molecule has 0 saturated heterocycles. The smallest absolute Gasteiger partial charge is 0.302 e. The van der Waals surface area contributed by atoms with Gasteiger partial charge in [0.25, 0.3) is 0 Å². The lowest BCUT2D eigenvalue weighted by Gasteiger charge is -2.60. The maximum absolute atomic E-state index is 13.6. The first-order chi connectivity index (χ1) is 13.9. The minimum absolute atomic E-state index is 0.000802. The molecule has 4 aliphatic carbocycles. The molecule has 0 heterocycles. The Morgan fingerprint density at radius 2 is 1.50 bits per heavy atom. The normalized spacial score (nSPS) is 44.3. The molecule has 0 bridgehead atoms. The van der Waals surface area contributed by atoms with Gasteiger partial charge < -0.3 is 9.47 Å². The van der Waals surface area contributed by atoms with E-state index in [-0.39, 0.29) is 58.0 Å². The molecule has 166 valence electrons. The summed E-state index contributed by atoms with van der Waals surface area (Å²) in [6, 6.07) is 0. The number of ketones is 1. The molecule has 5 nitrogen and oxygen atoms in total. The second kappa shape index (κ2) is 6.93. The summed E-state index contributed by atoms with van der Waals surface area (Å²) in [5.41, 5.74) is 0.640.